The Bertz CT molecular complexity index is 390. The average Bonchev–Trinajstić information content (AvgIpc) is 2.54. The third-order valence-electron chi connectivity index (χ3n) is 5.53. The number of amides is 2. The van der Waals surface area contributed by atoms with E-state index < -0.39 is 0 Å². The molecule has 2 aliphatic carbocycles. The molecule has 6 heteroatoms. The van der Waals surface area contributed by atoms with Gasteiger partial charge in [0.05, 0.1) is 0 Å². The second-order valence-corrected chi connectivity index (χ2v) is 7.51. The Kier molecular flexibility index (Phi) is 8.64. The lowest BCUT2D eigenvalue weighted by Gasteiger charge is -2.29. The topological polar surface area (TPSA) is 67.4 Å². The third-order valence-corrected chi connectivity index (χ3v) is 5.53. The van der Waals surface area contributed by atoms with E-state index in [2.05, 4.69) is 10.5 Å². The van der Waals surface area contributed by atoms with Crippen molar-refractivity contribution in [2.45, 2.75) is 82.5 Å². The maximum Gasteiger partial charge on any atom is 0.246 e. The summed E-state index contributed by atoms with van der Waals surface area (Å²) in [6.07, 6.45) is 12.7. The van der Waals surface area contributed by atoms with Crippen LogP contribution in [0.5, 0.6) is 0 Å². The van der Waals surface area contributed by atoms with Gasteiger partial charge < -0.3 is 15.3 Å². The highest BCUT2D eigenvalue weighted by Crippen LogP contribution is 2.27. The summed E-state index contributed by atoms with van der Waals surface area (Å²) in [5, 5.41) is 6.18. The van der Waals surface area contributed by atoms with Crippen molar-refractivity contribution in [3.05, 3.63) is 0 Å². The lowest BCUT2D eigenvalue weighted by Crippen LogP contribution is -2.43. The van der Waals surface area contributed by atoms with Crippen LogP contribution < -0.4 is 10.5 Å². The molecule has 0 radical (unpaired) electrons. The van der Waals surface area contributed by atoms with Gasteiger partial charge in [-0.25, -0.2) is 0 Å². The van der Waals surface area contributed by atoms with E-state index >= 15 is 0 Å². The van der Waals surface area contributed by atoms with Crippen LogP contribution in [0.25, 0.3) is 0 Å². The zero-order valence-electron chi connectivity index (χ0n) is 15.1. The molecule has 0 unspecified atom stereocenters. The first kappa shape index (κ1) is 19.3. The van der Waals surface area contributed by atoms with E-state index in [1.807, 2.05) is 0 Å². The highest BCUT2D eigenvalue weighted by Gasteiger charge is 2.27. The van der Waals surface area contributed by atoms with E-state index in [-0.39, 0.29) is 30.4 Å². The van der Waals surface area contributed by atoms with Crippen LogP contribution in [0.4, 0.5) is 0 Å². The standard InChI is InChI=1S/C18H33BN2O3/c1-24-13-17(22)20-16-11-9-14(10-12-16)18(23)21-19-15-7-5-3-2-4-6-8-15/h14-16,19H,2-13H2,1H3,(H,20,22)(H,21,23). The molecule has 0 bridgehead atoms. The first-order valence-electron chi connectivity index (χ1n) is 9.75. The van der Waals surface area contributed by atoms with Gasteiger partial charge in [-0.3, -0.25) is 9.59 Å². The summed E-state index contributed by atoms with van der Waals surface area (Å²) >= 11 is 0. The lowest BCUT2D eigenvalue weighted by atomic mass is 9.68. The Hall–Kier alpha value is -1.04. The van der Waals surface area contributed by atoms with Crippen molar-refractivity contribution in [3.63, 3.8) is 0 Å². The second-order valence-electron chi connectivity index (χ2n) is 7.51. The molecular formula is C18H33BN2O3. The molecule has 136 valence electrons. The van der Waals surface area contributed by atoms with Crippen molar-refractivity contribution >= 4 is 19.2 Å². The Labute approximate surface area is 146 Å². The van der Waals surface area contributed by atoms with Gasteiger partial charge in [0, 0.05) is 19.1 Å². The van der Waals surface area contributed by atoms with Crippen molar-refractivity contribution < 1.29 is 14.3 Å². The Morgan fingerprint density at radius 2 is 1.58 bits per heavy atom. The fraction of sp³-hybridized carbons (Fsp3) is 0.889. The minimum atomic E-state index is -0.0605. The minimum absolute atomic E-state index is 0.0605. The molecule has 0 aliphatic heterocycles. The van der Waals surface area contributed by atoms with E-state index in [1.54, 1.807) is 0 Å². The molecule has 24 heavy (non-hydrogen) atoms. The van der Waals surface area contributed by atoms with Gasteiger partial charge in [0.1, 0.15) is 6.61 Å². The molecule has 0 atom stereocenters. The van der Waals surface area contributed by atoms with Gasteiger partial charge in [0.2, 0.25) is 19.2 Å². The van der Waals surface area contributed by atoms with E-state index in [4.69, 9.17) is 4.74 Å². The number of rotatable bonds is 6. The number of hydrogen-bond donors (Lipinski definition) is 2. The average molecular weight is 336 g/mol. The quantitative estimate of drug-likeness (QED) is 0.732. The lowest BCUT2D eigenvalue weighted by molar-refractivity contribution is -0.126. The fourth-order valence-corrected chi connectivity index (χ4v) is 4.03. The number of methoxy groups -OCH3 is 1. The number of carbonyl (C=O) groups excluding carboxylic acids is 2. The maximum absolute atomic E-state index is 12.4. The molecule has 0 heterocycles. The fourth-order valence-electron chi connectivity index (χ4n) is 4.03. The molecule has 0 saturated heterocycles. The van der Waals surface area contributed by atoms with Crippen molar-refractivity contribution in [2.75, 3.05) is 13.7 Å². The summed E-state index contributed by atoms with van der Waals surface area (Å²) in [4.78, 5) is 23.9. The van der Waals surface area contributed by atoms with Crippen LogP contribution in [0.15, 0.2) is 0 Å². The molecule has 2 saturated carbocycles. The first-order chi connectivity index (χ1) is 11.7. The van der Waals surface area contributed by atoms with Crippen LogP contribution in [-0.2, 0) is 14.3 Å². The van der Waals surface area contributed by atoms with E-state index in [0.717, 1.165) is 33.1 Å². The minimum Gasteiger partial charge on any atom is -0.402 e. The number of ether oxygens (including phenoxy) is 1. The Morgan fingerprint density at radius 3 is 2.21 bits per heavy atom. The summed E-state index contributed by atoms with van der Waals surface area (Å²) in [6, 6.07) is 0.197. The molecule has 2 N–H and O–H groups in total. The predicted molar refractivity (Wildman–Crippen MR) is 97.1 cm³/mol. The van der Waals surface area contributed by atoms with Crippen LogP contribution in [-0.4, -0.2) is 39.0 Å². The molecule has 0 aromatic rings. The number of nitrogens with one attached hydrogen (secondary N) is 2. The van der Waals surface area contributed by atoms with Crippen LogP contribution in [0.3, 0.4) is 0 Å². The van der Waals surface area contributed by atoms with E-state index in [0.29, 0.717) is 5.82 Å². The van der Waals surface area contributed by atoms with E-state index in [9.17, 15) is 9.59 Å². The summed E-state index contributed by atoms with van der Waals surface area (Å²) in [5.74, 6) is 0.946. The molecule has 5 nitrogen and oxygen atoms in total. The van der Waals surface area contributed by atoms with E-state index in [1.165, 1.54) is 52.1 Å². The van der Waals surface area contributed by atoms with Gasteiger partial charge in [-0.15, -0.1) is 0 Å². The molecule has 0 spiro atoms. The first-order valence-corrected chi connectivity index (χ1v) is 9.75. The van der Waals surface area contributed by atoms with Crippen molar-refractivity contribution in [3.8, 4) is 0 Å². The number of carbonyl (C=O) groups is 2. The smallest absolute Gasteiger partial charge is 0.246 e. The summed E-state index contributed by atoms with van der Waals surface area (Å²) in [6.45, 7) is 0.113. The number of hydrogen-bond acceptors (Lipinski definition) is 3. The molecule has 0 aromatic carbocycles. The highest BCUT2D eigenvalue weighted by molar-refractivity contribution is 6.39. The van der Waals surface area contributed by atoms with Gasteiger partial charge in [-0.1, -0.05) is 44.9 Å². The second kappa shape index (κ2) is 10.8. The van der Waals surface area contributed by atoms with Crippen LogP contribution in [0.2, 0.25) is 5.82 Å². The molecule has 0 aromatic heterocycles. The zero-order chi connectivity index (χ0) is 17.2. The van der Waals surface area contributed by atoms with Crippen molar-refractivity contribution in [2.24, 2.45) is 5.92 Å². The third kappa shape index (κ3) is 6.84. The van der Waals surface area contributed by atoms with Crippen LogP contribution in [0, 0.1) is 5.92 Å². The Morgan fingerprint density at radius 1 is 0.958 bits per heavy atom. The van der Waals surface area contributed by atoms with Gasteiger partial charge in [0.15, 0.2) is 0 Å². The van der Waals surface area contributed by atoms with Gasteiger partial charge in [-0.05, 0) is 31.5 Å². The highest BCUT2D eigenvalue weighted by atomic mass is 16.5. The summed E-state index contributed by atoms with van der Waals surface area (Å²) in [7, 11) is 2.38. The van der Waals surface area contributed by atoms with Gasteiger partial charge >= 0.3 is 0 Å². The largest absolute Gasteiger partial charge is 0.402 e. The zero-order valence-corrected chi connectivity index (χ0v) is 15.1. The molecule has 2 amide bonds. The van der Waals surface area contributed by atoms with Crippen molar-refractivity contribution in [1.82, 2.24) is 10.5 Å². The molecule has 2 fully saturated rings. The summed E-state index contributed by atoms with van der Waals surface area (Å²) < 4.78 is 4.83. The SMILES string of the molecule is COCC(=O)NC1CCC(C(=O)NBC2CCCCCCC2)CC1. The normalized spacial score (nSPS) is 26.0. The molecule has 2 aliphatic rings. The van der Waals surface area contributed by atoms with Gasteiger partial charge in [-0.2, -0.15) is 0 Å². The van der Waals surface area contributed by atoms with Crippen LogP contribution >= 0.6 is 0 Å². The molecular weight excluding hydrogens is 303 g/mol. The maximum atomic E-state index is 12.4. The summed E-state index contributed by atoms with van der Waals surface area (Å²) in [5.41, 5.74) is 0. The monoisotopic (exact) mass is 336 g/mol. The van der Waals surface area contributed by atoms with Gasteiger partial charge in [0.25, 0.3) is 0 Å². The predicted octanol–water partition coefficient (Wildman–Crippen LogP) is 2.31. The van der Waals surface area contributed by atoms with Crippen LogP contribution in [0.1, 0.15) is 70.6 Å². The Balaban J connectivity index is 1.64. The molecule has 2 rings (SSSR count). The van der Waals surface area contributed by atoms with Crippen molar-refractivity contribution in [1.29, 1.82) is 0 Å².